The number of aryl methyl sites for hydroxylation is 1. The molecule has 0 unspecified atom stereocenters. The zero-order chi connectivity index (χ0) is 13.4. The fourth-order valence-electron chi connectivity index (χ4n) is 1.20. The summed E-state index contributed by atoms with van der Waals surface area (Å²) in [5.74, 6) is 1.79. The van der Waals surface area contributed by atoms with Crippen LogP contribution < -0.4 is 10.7 Å². The number of nitrogens with one attached hydrogen (secondary N) is 3. The average Bonchev–Trinajstić information content (AvgIpc) is 2.72. The van der Waals surface area contributed by atoms with Crippen LogP contribution in [-0.4, -0.2) is 40.3 Å². The molecule has 0 aliphatic carbocycles. The first-order valence-corrected chi connectivity index (χ1v) is 6.47. The summed E-state index contributed by atoms with van der Waals surface area (Å²) in [6.45, 7) is 2.58. The SMILES string of the molecule is CN=C(NCCSCc1nc[nH]c1C)N[N+](=O)[O-]. The molecule has 0 atom stereocenters. The Morgan fingerprint density at radius 3 is 3.06 bits per heavy atom. The largest absolute Gasteiger partial charge is 0.351 e. The lowest BCUT2D eigenvalue weighted by atomic mass is 10.4. The second-order valence-corrected chi connectivity index (χ2v) is 4.50. The van der Waals surface area contributed by atoms with Gasteiger partial charge in [-0.1, -0.05) is 5.43 Å². The third-order valence-electron chi connectivity index (χ3n) is 2.13. The highest BCUT2D eigenvalue weighted by atomic mass is 32.2. The quantitative estimate of drug-likeness (QED) is 0.226. The summed E-state index contributed by atoms with van der Waals surface area (Å²) >= 11 is 1.70. The maximum absolute atomic E-state index is 10.2. The molecule has 0 spiro atoms. The van der Waals surface area contributed by atoms with Crippen molar-refractivity contribution in [2.24, 2.45) is 4.99 Å². The van der Waals surface area contributed by atoms with Crippen LogP contribution in [0.2, 0.25) is 0 Å². The van der Waals surface area contributed by atoms with Gasteiger partial charge in [0.2, 0.25) is 0 Å². The summed E-state index contributed by atoms with van der Waals surface area (Å²) in [4.78, 5) is 21.1. The van der Waals surface area contributed by atoms with Gasteiger partial charge in [-0.25, -0.2) is 15.1 Å². The number of aromatic nitrogens is 2. The maximum Gasteiger partial charge on any atom is 0.254 e. The molecule has 0 saturated carbocycles. The molecular formula is C9H16N6O2S. The van der Waals surface area contributed by atoms with Crippen LogP contribution in [0.1, 0.15) is 11.4 Å². The molecule has 18 heavy (non-hydrogen) atoms. The summed E-state index contributed by atoms with van der Waals surface area (Å²) in [5.41, 5.74) is 4.08. The first-order chi connectivity index (χ1) is 8.63. The molecule has 3 N–H and O–H groups in total. The molecule has 0 radical (unpaired) electrons. The molecule has 1 rings (SSSR count). The number of thioether (sulfide) groups is 1. The van der Waals surface area contributed by atoms with Gasteiger partial charge >= 0.3 is 0 Å². The minimum atomic E-state index is -0.643. The minimum absolute atomic E-state index is 0.163. The van der Waals surface area contributed by atoms with Crippen molar-refractivity contribution in [3.05, 3.63) is 27.8 Å². The summed E-state index contributed by atoms with van der Waals surface area (Å²) in [6.07, 6.45) is 1.67. The number of hydrogen-bond acceptors (Lipinski definition) is 5. The van der Waals surface area contributed by atoms with Crippen LogP contribution in [0, 0.1) is 17.0 Å². The number of nitrogens with zero attached hydrogens (tertiary/aromatic N) is 3. The van der Waals surface area contributed by atoms with Crippen molar-refractivity contribution in [3.8, 4) is 0 Å². The van der Waals surface area contributed by atoms with E-state index >= 15 is 0 Å². The third kappa shape index (κ3) is 5.04. The summed E-state index contributed by atoms with van der Waals surface area (Å²) in [7, 11) is 1.49. The Bertz CT molecular complexity index is 419. The van der Waals surface area contributed by atoms with Gasteiger partial charge in [-0.3, -0.25) is 4.99 Å². The lowest BCUT2D eigenvalue weighted by Crippen LogP contribution is -2.41. The highest BCUT2D eigenvalue weighted by Gasteiger charge is 2.04. The van der Waals surface area contributed by atoms with Gasteiger partial charge in [-0.15, -0.1) is 0 Å². The van der Waals surface area contributed by atoms with E-state index in [1.807, 2.05) is 12.3 Å². The molecule has 8 nitrogen and oxygen atoms in total. The Kier molecular flexibility index (Phi) is 5.98. The Hall–Kier alpha value is -1.77. The highest BCUT2D eigenvalue weighted by Crippen LogP contribution is 2.11. The molecule has 0 aliphatic rings. The Labute approximate surface area is 109 Å². The second-order valence-electron chi connectivity index (χ2n) is 3.39. The van der Waals surface area contributed by atoms with Gasteiger partial charge in [0.1, 0.15) is 0 Å². The van der Waals surface area contributed by atoms with Crippen LogP contribution >= 0.6 is 11.8 Å². The number of H-pyrrole nitrogens is 1. The number of guanidine groups is 1. The van der Waals surface area contributed by atoms with Crippen LogP contribution in [-0.2, 0) is 5.75 Å². The van der Waals surface area contributed by atoms with E-state index in [0.717, 1.165) is 22.9 Å². The Balaban J connectivity index is 2.15. The first-order valence-electron chi connectivity index (χ1n) is 5.31. The van der Waals surface area contributed by atoms with Crippen molar-refractivity contribution in [2.75, 3.05) is 19.3 Å². The van der Waals surface area contributed by atoms with E-state index in [1.54, 1.807) is 18.1 Å². The van der Waals surface area contributed by atoms with E-state index in [2.05, 4.69) is 20.3 Å². The number of aromatic amines is 1. The topological polar surface area (TPSA) is 108 Å². The molecule has 0 bridgehead atoms. The predicted molar refractivity (Wildman–Crippen MR) is 71.0 cm³/mol. The van der Waals surface area contributed by atoms with Crippen LogP contribution in [0.15, 0.2) is 11.3 Å². The molecule has 9 heteroatoms. The van der Waals surface area contributed by atoms with Gasteiger partial charge in [0.25, 0.3) is 5.96 Å². The molecule has 0 aliphatic heterocycles. The van der Waals surface area contributed by atoms with Crippen LogP contribution in [0.4, 0.5) is 0 Å². The van der Waals surface area contributed by atoms with Crippen molar-refractivity contribution in [2.45, 2.75) is 12.7 Å². The lowest BCUT2D eigenvalue weighted by molar-refractivity contribution is -0.525. The van der Waals surface area contributed by atoms with Crippen LogP contribution in [0.5, 0.6) is 0 Å². The van der Waals surface area contributed by atoms with E-state index in [4.69, 9.17) is 0 Å². The molecule has 1 heterocycles. The van der Waals surface area contributed by atoms with Gasteiger partial charge in [-0.2, -0.15) is 11.8 Å². The minimum Gasteiger partial charge on any atom is -0.351 e. The number of hydrogen-bond donors (Lipinski definition) is 3. The van der Waals surface area contributed by atoms with Crippen molar-refractivity contribution in [1.82, 2.24) is 20.7 Å². The van der Waals surface area contributed by atoms with Crippen molar-refractivity contribution >= 4 is 17.7 Å². The smallest absolute Gasteiger partial charge is 0.254 e. The molecule has 0 saturated heterocycles. The Morgan fingerprint density at radius 1 is 1.72 bits per heavy atom. The third-order valence-corrected chi connectivity index (χ3v) is 3.10. The van der Waals surface area contributed by atoms with Crippen LogP contribution in [0.25, 0.3) is 0 Å². The zero-order valence-electron chi connectivity index (χ0n) is 10.3. The monoisotopic (exact) mass is 272 g/mol. The standard InChI is InChI=1S/C9H16N6O2S/c1-7-8(13-6-12-7)5-18-4-3-11-9(10-2)14-15(16)17/h6H,3-5H2,1-2H3,(H,12,13)(H2,10,11,14). The highest BCUT2D eigenvalue weighted by molar-refractivity contribution is 7.98. The van der Waals surface area contributed by atoms with E-state index in [0.29, 0.717) is 6.54 Å². The molecular weight excluding hydrogens is 256 g/mol. The first kappa shape index (κ1) is 14.3. The fraction of sp³-hybridized carbons (Fsp3) is 0.556. The number of hydrazine groups is 1. The molecule has 0 aromatic carbocycles. The molecule has 0 fully saturated rings. The van der Waals surface area contributed by atoms with Gasteiger partial charge in [-0.05, 0) is 6.92 Å². The van der Waals surface area contributed by atoms with E-state index < -0.39 is 5.03 Å². The normalized spacial score (nSPS) is 11.3. The molecule has 0 amide bonds. The number of aliphatic imine (C=N–C) groups is 1. The zero-order valence-corrected chi connectivity index (χ0v) is 11.1. The maximum atomic E-state index is 10.2. The average molecular weight is 272 g/mol. The van der Waals surface area contributed by atoms with E-state index in [9.17, 15) is 10.1 Å². The number of nitro groups is 1. The Morgan fingerprint density at radius 2 is 2.50 bits per heavy atom. The molecule has 1 aromatic rings. The predicted octanol–water partition coefficient (Wildman–Crippen LogP) is 0.308. The summed E-state index contributed by atoms with van der Waals surface area (Å²) in [5, 5.41) is 12.4. The molecule has 1 aromatic heterocycles. The van der Waals surface area contributed by atoms with Gasteiger partial charge < -0.3 is 10.3 Å². The lowest BCUT2D eigenvalue weighted by Gasteiger charge is -2.05. The van der Waals surface area contributed by atoms with Crippen LogP contribution in [0.3, 0.4) is 0 Å². The number of imidazole rings is 1. The van der Waals surface area contributed by atoms with Gasteiger partial charge in [0, 0.05) is 30.8 Å². The van der Waals surface area contributed by atoms with Crippen molar-refractivity contribution < 1.29 is 5.03 Å². The summed E-state index contributed by atoms with van der Waals surface area (Å²) in [6, 6.07) is 0. The second kappa shape index (κ2) is 7.54. The van der Waals surface area contributed by atoms with Gasteiger partial charge in [0.15, 0.2) is 5.03 Å². The number of rotatable bonds is 6. The summed E-state index contributed by atoms with van der Waals surface area (Å²) < 4.78 is 0. The van der Waals surface area contributed by atoms with Crippen molar-refractivity contribution in [1.29, 1.82) is 0 Å². The molecule has 100 valence electrons. The van der Waals surface area contributed by atoms with Gasteiger partial charge in [0.05, 0.1) is 12.0 Å². The fourth-order valence-corrected chi connectivity index (χ4v) is 2.07. The van der Waals surface area contributed by atoms with Crippen molar-refractivity contribution in [3.63, 3.8) is 0 Å². The van der Waals surface area contributed by atoms with E-state index in [1.165, 1.54) is 7.05 Å². The van der Waals surface area contributed by atoms with E-state index in [-0.39, 0.29) is 5.96 Å².